The van der Waals surface area contributed by atoms with Gasteiger partial charge in [-0.25, -0.2) is 4.21 Å². The lowest BCUT2D eigenvalue weighted by Gasteiger charge is -2.08. The second-order valence-electron chi connectivity index (χ2n) is 5.72. The molecule has 0 saturated heterocycles. The average molecular weight is 484 g/mol. The molecule has 0 bridgehead atoms. The Morgan fingerprint density at radius 2 is 1.60 bits per heavy atom. The molecule has 0 amide bonds. The van der Waals surface area contributed by atoms with E-state index in [0.717, 1.165) is 17.7 Å². The van der Waals surface area contributed by atoms with Crippen molar-refractivity contribution in [3.8, 4) is 0 Å². The van der Waals surface area contributed by atoms with Crippen LogP contribution in [-0.4, -0.2) is 57.3 Å². The van der Waals surface area contributed by atoms with E-state index in [1.165, 1.54) is 12.9 Å². The van der Waals surface area contributed by atoms with Gasteiger partial charge in [0.1, 0.15) is 6.61 Å². The van der Waals surface area contributed by atoms with Crippen molar-refractivity contribution in [3.05, 3.63) is 35.9 Å². The molecule has 0 heterocycles. The van der Waals surface area contributed by atoms with E-state index >= 15 is 0 Å². The molecule has 0 saturated carbocycles. The molecule has 178 valence electrons. The molecule has 2 N–H and O–H groups in total. The Balaban J connectivity index is -0.000000401. The topological polar surface area (TPSA) is 95.7 Å². The van der Waals surface area contributed by atoms with Crippen LogP contribution in [-0.2, 0) is 42.2 Å². The van der Waals surface area contributed by atoms with Crippen molar-refractivity contribution in [2.24, 2.45) is 5.73 Å². The van der Waals surface area contributed by atoms with Crippen LogP contribution in [0.1, 0.15) is 46.1 Å². The first kappa shape index (κ1) is 33.9. The van der Waals surface area contributed by atoms with Crippen molar-refractivity contribution in [3.63, 3.8) is 0 Å². The summed E-state index contributed by atoms with van der Waals surface area (Å²) >= 11 is 0.823. The molecule has 1 aromatic carbocycles. The Hall–Kier alpha value is -0.740. The number of thioether (sulfide) groups is 1. The standard InChI is InChI=1S/C12H17NO2.C3H8O2S.C3H8OS.C3H8S/c1-2-11(13)8-12(14)15-9-10-6-4-3-5-7-10;1-3-6(4)5-2;1-3-5(2)4;1-3-4-2/h3-7,11H,2,8-9,13H2,1H3;3H2,1-2H3;3H2,1-2H3;3H2,1-2H3. The van der Waals surface area contributed by atoms with Crippen LogP contribution in [0.15, 0.2) is 30.3 Å². The largest absolute Gasteiger partial charge is 0.461 e. The van der Waals surface area contributed by atoms with E-state index in [-0.39, 0.29) is 12.0 Å². The molecule has 9 heteroatoms. The molecule has 3 unspecified atom stereocenters. The van der Waals surface area contributed by atoms with Gasteiger partial charge >= 0.3 is 5.97 Å². The number of hydrogen-bond donors (Lipinski definition) is 1. The summed E-state index contributed by atoms with van der Waals surface area (Å²) in [5.41, 5.74) is 6.64. The number of ether oxygens (including phenoxy) is 1. The van der Waals surface area contributed by atoms with Crippen molar-refractivity contribution < 1.29 is 22.1 Å². The van der Waals surface area contributed by atoms with E-state index in [1.54, 1.807) is 13.2 Å². The molecule has 0 aliphatic carbocycles. The van der Waals surface area contributed by atoms with E-state index in [0.29, 0.717) is 18.8 Å². The highest BCUT2D eigenvalue weighted by atomic mass is 32.2. The third-order valence-electron chi connectivity index (χ3n) is 3.31. The molecule has 0 aliphatic heterocycles. The quantitative estimate of drug-likeness (QED) is 0.532. The summed E-state index contributed by atoms with van der Waals surface area (Å²) in [5.74, 6) is 2.37. The summed E-state index contributed by atoms with van der Waals surface area (Å²) in [4.78, 5) is 11.3. The number of nitrogens with two attached hydrogens (primary N) is 1. The third-order valence-corrected chi connectivity index (χ3v) is 5.55. The Kier molecular flexibility index (Phi) is 29.7. The van der Waals surface area contributed by atoms with E-state index < -0.39 is 21.9 Å². The van der Waals surface area contributed by atoms with Gasteiger partial charge in [-0.1, -0.05) is 58.0 Å². The van der Waals surface area contributed by atoms with Gasteiger partial charge in [0.05, 0.1) is 13.5 Å². The fourth-order valence-electron chi connectivity index (χ4n) is 1.27. The van der Waals surface area contributed by atoms with Crippen LogP contribution >= 0.6 is 11.8 Å². The summed E-state index contributed by atoms with van der Waals surface area (Å²) in [5, 5.41) is 0. The van der Waals surface area contributed by atoms with Crippen LogP contribution in [0, 0.1) is 0 Å². The fourth-order valence-corrected chi connectivity index (χ4v) is 1.51. The van der Waals surface area contributed by atoms with Crippen LogP contribution < -0.4 is 5.73 Å². The Morgan fingerprint density at radius 3 is 1.90 bits per heavy atom. The highest BCUT2D eigenvalue weighted by Crippen LogP contribution is 2.03. The lowest BCUT2D eigenvalue weighted by Crippen LogP contribution is -2.23. The lowest BCUT2D eigenvalue weighted by atomic mass is 10.2. The molecule has 0 fully saturated rings. The molecular weight excluding hydrogens is 442 g/mol. The zero-order valence-corrected chi connectivity index (χ0v) is 22.0. The van der Waals surface area contributed by atoms with Gasteiger partial charge in [-0.15, -0.1) is 0 Å². The van der Waals surface area contributed by atoms with Gasteiger partial charge in [0.15, 0.2) is 11.1 Å². The van der Waals surface area contributed by atoms with E-state index in [9.17, 15) is 13.2 Å². The third kappa shape index (κ3) is 29.5. The number of carbonyl (C=O) groups is 1. The second kappa shape index (κ2) is 26.3. The van der Waals surface area contributed by atoms with Gasteiger partial charge in [-0.3, -0.25) is 13.2 Å². The number of rotatable bonds is 9. The minimum atomic E-state index is -1.03. The molecule has 0 aromatic heterocycles. The summed E-state index contributed by atoms with van der Waals surface area (Å²) in [6.07, 6.45) is 4.88. The Bertz CT molecular complexity index is 537. The summed E-state index contributed by atoms with van der Waals surface area (Å²) in [7, 11) is 0.858. The minimum absolute atomic E-state index is 0.0896. The average Bonchev–Trinajstić information content (AvgIpc) is 2.78. The van der Waals surface area contributed by atoms with E-state index in [4.69, 9.17) is 10.5 Å². The summed E-state index contributed by atoms with van der Waals surface area (Å²) in [6.45, 7) is 8.13. The first-order chi connectivity index (χ1) is 14.2. The van der Waals surface area contributed by atoms with Crippen LogP contribution in [0.4, 0.5) is 0 Å². The fraction of sp³-hybridized carbons (Fsp3) is 0.667. The maximum Gasteiger partial charge on any atom is 0.307 e. The Morgan fingerprint density at radius 1 is 1.10 bits per heavy atom. The zero-order chi connectivity index (χ0) is 23.8. The number of benzene rings is 1. The first-order valence-corrected chi connectivity index (χ1v) is 14.2. The van der Waals surface area contributed by atoms with Crippen molar-refractivity contribution in [1.82, 2.24) is 0 Å². The Labute approximate surface area is 193 Å². The lowest BCUT2D eigenvalue weighted by molar-refractivity contribution is -0.145. The predicted octanol–water partition coefficient (Wildman–Crippen LogP) is 3.93. The predicted molar refractivity (Wildman–Crippen MR) is 133 cm³/mol. The maximum atomic E-state index is 11.3. The van der Waals surface area contributed by atoms with Crippen molar-refractivity contribution >= 4 is 39.6 Å². The van der Waals surface area contributed by atoms with Gasteiger partial charge in [0.2, 0.25) is 0 Å². The molecule has 0 radical (unpaired) electrons. The molecular formula is C21H41NO5S3. The number of carbonyl (C=O) groups excluding carboxylic acids is 1. The van der Waals surface area contributed by atoms with Crippen LogP contribution in [0.2, 0.25) is 0 Å². The molecule has 1 rings (SSSR count). The maximum absolute atomic E-state index is 11.3. The van der Waals surface area contributed by atoms with Crippen molar-refractivity contribution in [2.45, 2.75) is 53.2 Å². The zero-order valence-electron chi connectivity index (χ0n) is 19.6. The molecule has 1 aromatic rings. The molecule has 30 heavy (non-hydrogen) atoms. The van der Waals surface area contributed by atoms with Gasteiger partial charge in [-0.2, -0.15) is 11.8 Å². The number of esters is 1. The van der Waals surface area contributed by atoms with Gasteiger partial charge < -0.3 is 10.5 Å². The van der Waals surface area contributed by atoms with E-state index in [2.05, 4.69) is 17.4 Å². The van der Waals surface area contributed by atoms with E-state index in [1.807, 2.05) is 55.9 Å². The van der Waals surface area contributed by atoms with Crippen LogP contribution in [0.5, 0.6) is 0 Å². The summed E-state index contributed by atoms with van der Waals surface area (Å²) < 4.78 is 29.4. The first-order valence-electron chi connectivity index (χ1n) is 9.88. The molecule has 3 atom stereocenters. The number of hydrogen-bond acceptors (Lipinski definition) is 7. The van der Waals surface area contributed by atoms with Gasteiger partial charge in [-0.05, 0) is 24.0 Å². The van der Waals surface area contributed by atoms with Gasteiger partial charge in [0, 0.05) is 34.6 Å². The highest BCUT2D eigenvalue weighted by Gasteiger charge is 2.08. The minimum Gasteiger partial charge on any atom is -0.461 e. The second-order valence-corrected chi connectivity index (χ2v) is 10.1. The molecule has 0 spiro atoms. The molecule has 0 aliphatic rings. The molecule has 6 nitrogen and oxygen atoms in total. The van der Waals surface area contributed by atoms with Gasteiger partial charge in [0.25, 0.3) is 0 Å². The smallest absolute Gasteiger partial charge is 0.307 e. The van der Waals surface area contributed by atoms with Crippen molar-refractivity contribution in [1.29, 1.82) is 0 Å². The summed E-state index contributed by atoms with van der Waals surface area (Å²) in [6, 6.07) is 9.52. The SMILES string of the molecule is CCC(N)CC(=O)OCc1ccccc1.CCS(=O)OC.CCS(C)=O.CCSC. The van der Waals surface area contributed by atoms with Crippen LogP contribution in [0.25, 0.3) is 0 Å². The van der Waals surface area contributed by atoms with Crippen LogP contribution in [0.3, 0.4) is 0 Å². The monoisotopic (exact) mass is 483 g/mol. The highest BCUT2D eigenvalue weighted by molar-refractivity contribution is 7.98. The van der Waals surface area contributed by atoms with Crippen molar-refractivity contribution in [2.75, 3.05) is 36.9 Å². The normalized spacial score (nSPS) is 12.4.